The van der Waals surface area contributed by atoms with E-state index in [-0.39, 0.29) is 25.6 Å². The van der Waals surface area contributed by atoms with Gasteiger partial charge < -0.3 is 19.7 Å². The normalized spacial score (nSPS) is 17.6. The minimum Gasteiger partial charge on any atom is -0.481 e. The number of carbonyl (C=O) groups is 1. The van der Waals surface area contributed by atoms with Crippen molar-refractivity contribution in [3.05, 3.63) is 22.8 Å². The lowest BCUT2D eigenvalue weighted by atomic mass is 10.1. The molecule has 1 amide bonds. The first-order valence-corrected chi connectivity index (χ1v) is 8.56. The Labute approximate surface area is 161 Å². The smallest absolute Gasteiger partial charge is 0.410 e. The van der Waals surface area contributed by atoms with Gasteiger partial charge in [0.15, 0.2) is 0 Å². The van der Waals surface area contributed by atoms with Crippen LogP contribution in [0.1, 0.15) is 39.2 Å². The van der Waals surface area contributed by atoms with Crippen LogP contribution < -0.4 is 10.1 Å². The molecule has 8 heteroatoms. The third-order valence-electron chi connectivity index (χ3n) is 3.71. The fraction of sp³-hybridized carbons (Fsp3) is 0.647. The summed E-state index contributed by atoms with van der Waals surface area (Å²) >= 11 is 5.99. The summed E-state index contributed by atoms with van der Waals surface area (Å²) in [5.74, 6) is 0.498. The molecule has 1 fully saturated rings. The number of amides is 1. The summed E-state index contributed by atoms with van der Waals surface area (Å²) in [5, 5.41) is 3.88. The Hall–Kier alpha value is -1.18. The number of hydrogen-bond acceptors (Lipinski definition) is 5. The number of rotatable bonds is 4. The van der Waals surface area contributed by atoms with Crippen molar-refractivity contribution in [2.45, 2.75) is 51.8 Å². The van der Waals surface area contributed by atoms with Crippen LogP contribution in [0.2, 0.25) is 5.15 Å². The summed E-state index contributed by atoms with van der Waals surface area (Å²) in [6.45, 7) is 7.67. The zero-order valence-electron chi connectivity index (χ0n) is 15.3. The molecule has 0 aliphatic carbocycles. The SMILES string of the molecule is COc1cc(CN[C@H]2CCCN(C(=O)OC(C)(C)C)C2)cc(Cl)n1.S. The molecule has 1 aliphatic heterocycles. The molecule has 0 spiro atoms. The average molecular weight is 390 g/mol. The fourth-order valence-corrected chi connectivity index (χ4v) is 2.85. The van der Waals surface area contributed by atoms with Gasteiger partial charge in [-0.1, -0.05) is 11.6 Å². The Morgan fingerprint density at radius 1 is 1.44 bits per heavy atom. The van der Waals surface area contributed by atoms with Crippen LogP contribution in [0.3, 0.4) is 0 Å². The topological polar surface area (TPSA) is 63.7 Å². The summed E-state index contributed by atoms with van der Waals surface area (Å²) < 4.78 is 10.6. The monoisotopic (exact) mass is 389 g/mol. The van der Waals surface area contributed by atoms with E-state index in [1.54, 1.807) is 12.0 Å². The highest BCUT2D eigenvalue weighted by molar-refractivity contribution is 7.59. The molecule has 25 heavy (non-hydrogen) atoms. The van der Waals surface area contributed by atoms with Gasteiger partial charge in [0.1, 0.15) is 10.8 Å². The number of ether oxygens (including phenoxy) is 2. The number of halogens is 1. The van der Waals surface area contributed by atoms with Crippen LogP contribution in [0.5, 0.6) is 5.88 Å². The van der Waals surface area contributed by atoms with Gasteiger partial charge in [0.2, 0.25) is 5.88 Å². The van der Waals surface area contributed by atoms with E-state index in [2.05, 4.69) is 10.3 Å². The first kappa shape index (κ1) is 21.9. The second kappa shape index (κ2) is 9.50. The zero-order valence-corrected chi connectivity index (χ0v) is 17.0. The van der Waals surface area contributed by atoms with Gasteiger partial charge >= 0.3 is 6.09 Å². The maximum Gasteiger partial charge on any atom is 0.410 e. The molecule has 2 heterocycles. The fourth-order valence-electron chi connectivity index (χ4n) is 2.63. The Kier molecular flexibility index (Phi) is 8.31. The molecule has 0 radical (unpaired) electrons. The number of methoxy groups -OCH3 is 1. The maximum atomic E-state index is 12.2. The van der Waals surface area contributed by atoms with Crippen molar-refractivity contribution < 1.29 is 14.3 Å². The number of piperidine rings is 1. The van der Waals surface area contributed by atoms with Crippen LogP contribution in [0.15, 0.2) is 12.1 Å². The molecule has 1 atom stereocenters. The van der Waals surface area contributed by atoms with Gasteiger partial charge in [-0.15, -0.1) is 0 Å². The summed E-state index contributed by atoms with van der Waals surface area (Å²) in [5.41, 5.74) is 0.531. The summed E-state index contributed by atoms with van der Waals surface area (Å²) in [4.78, 5) is 18.0. The molecule has 1 saturated heterocycles. The van der Waals surface area contributed by atoms with E-state index in [1.165, 1.54) is 0 Å². The van der Waals surface area contributed by atoms with E-state index in [4.69, 9.17) is 21.1 Å². The van der Waals surface area contributed by atoms with E-state index in [0.29, 0.717) is 24.1 Å². The van der Waals surface area contributed by atoms with E-state index < -0.39 is 5.60 Å². The minimum absolute atomic E-state index is 0. The van der Waals surface area contributed by atoms with Crippen LogP contribution in [0, 0.1) is 0 Å². The lowest BCUT2D eigenvalue weighted by molar-refractivity contribution is 0.0187. The highest BCUT2D eigenvalue weighted by atomic mass is 35.5. The van der Waals surface area contributed by atoms with Gasteiger partial charge in [-0.05, 0) is 45.2 Å². The molecule has 1 aliphatic rings. The quantitative estimate of drug-likeness (QED) is 0.800. The van der Waals surface area contributed by atoms with Crippen LogP contribution in [-0.4, -0.2) is 47.8 Å². The predicted molar refractivity (Wildman–Crippen MR) is 104 cm³/mol. The number of nitrogens with zero attached hydrogens (tertiary/aromatic N) is 2. The second-order valence-electron chi connectivity index (χ2n) is 6.99. The van der Waals surface area contributed by atoms with Gasteiger partial charge in [-0.25, -0.2) is 9.78 Å². The molecular formula is C17H28ClN3O3S. The molecule has 1 aromatic heterocycles. The van der Waals surface area contributed by atoms with Gasteiger partial charge in [-0.2, -0.15) is 13.5 Å². The number of likely N-dealkylation sites (tertiary alicyclic amines) is 1. The lowest BCUT2D eigenvalue weighted by Crippen LogP contribution is -2.49. The predicted octanol–water partition coefficient (Wildman–Crippen LogP) is 3.35. The molecule has 0 saturated carbocycles. The van der Waals surface area contributed by atoms with Gasteiger partial charge in [0, 0.05) is 31.7 Å². The van der Waals surface area contributed by atoms with Gasteiger partial charge in [-0.3, -0.25) is 0 Å². The van der Waals surface area contributed by atoms with Crippen LogP contribution in [-0.2, 0) is 11.3 Å². The van der Waals surface area contributed by atoms with Crippen molar-refractivity contribution in [2.24, 2.45) is 0 Å². The summed E-state index contributed by atoms with van der Waals surface area (Å²) in [6.07, 6.45) is 1.73. The van der Waals surface area contributed by atoms with Crippen molar-refractivity contribution in [2.75, 3.05) is 20.2 Å². The number of hydrogen-bond donors (Lipinski definition) is 1. The van der Waals surface area contributed by atoms with E-state index in [1.807, 2.05) is 32.9 Å². The Balaban J connectivity index is 0.00000312. The van der Waals surface area contributed by atoms with Crippen molar-refractivity contribution in [3.63, 3.8) is 0 Å². The third-order valence-corrected chi connectivity index (χ3v) is 3.90. The molecule has 0 bridgehead atoms. The molecule has 142 valence electrons. The van der Waals surface area contributed by atoms with Crippen molar-refractivity contribution >= 4 is 31.2 Å². The van der Waals surface area contributed by atoms with E-state index >= 15 is 0 Å². The molecular weight excluding hydrogens is 362 g/mol. The molecule has 0 aromatic carbocycles. The largest absolute Gasteiger partial charge is 0.481 e. The van der Waals surface area contributed by atoms with Gasteiger partial charge in [0.25, 0.3) is 0 Å². The van der Waals surface area contributed by atoms with Crippen molar-refractivity contribution in [3.8, 4) is 5.88 Å². The van der Waals surface area contributed by atoms with Crippen molar-refractivity contribution in [1.29, 1.82) is 0 Å². The number of nitrogens with one attached hydrogen (secondary N) is 1. The van der Waals surface area contributed by atoms with Crippen LogP contribution >= 0.6 is 25.1 Å². The minimum atomic E-state index is -0.470. The van der Waals surface area contributed by atoms with Gasteiger partial charge in [0.05, 0.1) is 7.11 Å². The third kappa shape index (κ3) is 7.30. The van der Waals surface area contributed by atoms with E-state index in [9.17, 15) is 4.79 Å². The van der Waals surface area contributed by atoms with Crippen LogP contribution in [0.4, 0.5) is 4.79 Å². The Bertz CT molecular complexity index is 581. The number of carbonyl (C=O) groups excluding carboxylic acids is 1. The first-order valence-electron chi connectivity index (χ1n) is 8.18. The summed E-state index contributed by atoms with van der Waals surface area (Å²) in [7, 11) is 1.57. The molecule has 1 aromatic rings. The highest BCUT2D eigenvalue weighted by Crippen LogP contribution is 2.18. The first-order chi connectivity index (χ1) is 11.3. The molecule has 0 unspecified atom stereocenters. The Morgan fingerprint density at radius 3 is 2.80 bits per heavy atom. The number of aromatic nitrogens is 1. The zero-order chi connectivity index (χ0) is 17.7. The standard InChI is InChI=1S/C17H26ClN3O3.H2S/c1-17(2,3)24-16(22)21-7-5-6-13(11-21)19-10-12-8-14(18)20-15(9-12)23-4;/h8-9,13,19H,5-7,10-11H2,1-4H3;1H2/t13-;/m0./s1. The average Bonchev–Trinajstić information content (AvgIpc) is 2.51. The Morgan fingerprint density at radius 2 is 2.16 bits per heavy atom. The molecule has 6 nitrogen and oxygen atoms in total. The highest BCUT2D eigenvalue weighted by Gasteiger charge is 2.27. The number of pyridine rings is 1. The van der Waals surface area contributed by atoms with Crippen molar-refractivity contribution in [1.82, 2.24) is 15.2 Å². The van der Waals surface area contributed by atoms with E-state index in [0.717, 1.165) is 24.9 Å². The lowest BCUT2D eigenvalue weighted by Gasteiger charge is -2.34. The maximum absolute atomic E-state index is 12.2. The molecule has 1 N–H and O–H groups in total. The second-order valence-corrected chi connectivity index (χ2v) is 7.37. The van der Waals surface area contributed by atoms with Crippen LogP contribution in [0.25, 0.3) is 0 Å². The molecule has 2 rings (SSSR count). The summed E-state index contributed by atoms with van der Waals surface area (Å²) in [6, 6.07) is 3.89.